The highest BCUT2D eigenvalue weighted by molar-refractivity contribution is 5.97. The van der Waals surface area contributed by atoms with Gasteiger partial charge in [-0.25, -0.2) is 10.7 Å². The van der Waals surface area contributed by atoms with Crippen LogP contribution >= 0.6 is 0 Å². The molecule has 4 heteroatoms. The first-order valence-electron chi connectivity index (χ1n) is 4.83. The first-order valence-corrected chi connectivity index (χ1v) is 4.83. The number of carbonyl (C=O) groups excluding carboxylic acids is 1. The van der Waals surface area contributed by atoms with Gasteiger partial charge in [-0.1, -0.05) is 19.1 Å². The van der Waals surface area contributed by atoms with E-state index in [1.165, 1.54) is 0 Å². The largest absolute Gasteiger partial charge is 0.434 e. The number of hydrogen-bond acceptors (Lipinski definition) is 3. The second-order valence-corrected chi connectivity index (χ2v) is 3.31. The van der Waals surface area contributed by atoms with Crippen molar-refractivity contribution in [1.29, 1.82) is 0 Å². The molecule has 0 aliphatic heterocycles. The molecule has 2 rings (SSSR count). The molecule has 1 aromatic heterocycles. The van der Waals surface area contributed by atoms with Crippen LogP contribution in [-0.4, -0.2) is 16.8 Å². The Morgan fingerprint density at radius 3 is 2.93 bits per heavy atom. The minimum atomic E-state index is -0.780. The number of rotatable bonds is 3. The van der Waals surface area contributed by atoms with Gasteiger partial charge >= 0.3 is 0 Å². The molecule has 0 saturated carbocycles. The summed E-state index contributed by atoms with van der Waals surface area (Å²) in [6.07, 6.45) is 0.470. The number of aromatic nitrogens is 1. The van der Waals surface area contributed by atoms with Gasteiger partial charge in [0.1, 0.15) is 5.52 Å². The van der Waals surface area contributed by atoms with Crippen molar-refractivity contribution in [1.82, 2.24) is 10.7 Å². The van der Waals surface area contributed by atoms with Crippen molar-refractivity contribution in [3.8, 4) is 0 Å². The number of benzene rings is 1. The van der Waals surface area contributed by atoms with Gasteiger partial charge in [0.2, 0.25) is 5.78 Å². The maximum Gasteiger partial charge on any atom is 0.266 e. The van der Waals surface area contributed by atoms with Crippen LogP contribution in [0.5, 0.6) is 0 Å². The van der Waals surface area contributed by atoms with Crippen LogP contribution < -0.4 is 5.73 Å². The first kappa shape index (κ1) is 9.86. The third kappa shape index (κ3) is 1.76. The van der Waals surface area contributed by atoms with Crippen molar-refractivity contribution < 1.29 is 9.21 Å². The van der Waals surface area contributed by atoms with Crippen LogP contribution in [-0.2, 0) is 0 Å². The molecule has 0 bridgehead atoms. The van der Waals surface area contributed by atoms with E-state index < -0.39 is 6.04 Å². The molecule has 1 atom stereocenters. The van der Waals surface area contributed by atoms with Gasteiger partial charge in [-0.15, -0.1) is 0 Å². The number of fused-ring (bicyclic) bond motifs is 1. The zero-order chi connectivity index (χ0) is 10.8. The van der Waals surface area contributed by atoms with Crippen molar-refractivity contribution in [3.63, 3.8) is 0 Å². The van der Waals surface area contributed by atoms with Gasteiger partial charge in [-0.3, -0.25) is 4.79 Å². The molecule has 0 spiro atoms. The lowest BCUT2D eigenvalue weighted by molar-refractivity contribution is 0.0924. The molecule has 0 aliphatic carbocycles. The molecule has 0 aliphatic rings. The molecular weight excluding hydrogens is 192 g/mol. The lowest BCUT2D eigenvalue weighted by Gasteiger charge is -2.00. The summed E-state index contributed by atoms with van der Waals surface area (Å²) in [5.74, 6) is -0.313. The minimum Gasteiger partial charge on any atom is -0.434 e. The van der Waals surface area contributed by atoms with Gasteiger partial charge in [0.05, 0.1) is 6.04 Å². The number of oxazole rings is 1. The molecular formula is C11H11N2O2. The molecule has 77 valence electrons. The maximum atomic E-state index is 11.6. The van der Waals surface area contributed by atoms with Gasteiger partial charge in [0, 0.05) is 0 Å². The fourth-order valence-corrected chi connectivity index (χ4v) is 1.31. The molecule has 1 N–H and O–H groups in total. The Balaban J connectivity index is 2.41. The first-order chi connectivity index (χ1) is 7.22. The predicted octanol–water partition coefficient (Wildman–Crippen LogP) is 2.07. The monoisotopic (exact) mass is 203 g/mol. The molecule has 1 radical (unpaired) electrons. The fraction of sp³-hybridized carbons (Fsp3) is 0.273. The van der Waals surface area contributed by atoms with E-state index in [0.717, 1.165) is 0 Å². The molecule has 1 unspecified atom stereocenters. The Kier molecular flexibility index (Phi) is 2.51. The van der Waals surface area contributed by atoms with E-state index in [1.54, 1.807) is 19.1 Å². The topological polar surface area (TPSA) is 66.9 Å². The molecule has 2 aromatic rings. The van der Waals surface area contributed by atoms with Crippen LogP contribution in [0, 0.1) is 0 Å². The summed E-state index contributed by atoms with van der Waals surface area (Å²) in [6, 6.07) is 6.40. The van der Waals surface area contributed by atoms with Crippen LogP contribution in [0.15, 0.2) is 28.7 Å². The van der Waals surface area contributed by atoms with E-state index in [1.807, 2.05) is 12.1 Å². The lowest BCUT2D eigenvalue weighted by Crippen LogP contribution is -2.21. The Bertz CT molecular complexity index is 457. The van der Waals surface area contributed by atoms with Crippen molar-refractivity contribution in [3.05, 3.63) is 30.2 Å². The number of nitrogens with one attached hydrogen (secondary N) is 1. The van der Waals surface area contributed by atoms with Crippen molar-refractivity contribution >= 4 is 16.9 Å². The standard InChI is InChI=1S/C11H11N2O2/c1-2-7(12)10(14)11-13-8-5-3-4-6-9(8)15-11/h3-7,12H,2H2,1H3. The smallest absolute Gasteiger partial charge is 0.266 e. The summed E-state index contributed by atoms with van der Waals surface area (Å²) < 4.78 is 5.27. The molecule has 1 heterocycles. The number of para-hydroxylation sites is 2. The number of Topliss-reactive ketones (excluding diaryl/α,β-unsaturated/α-hetero) is 1. The third-order valence-electron chi connectivity index (χ3n) is 2.23. The van der Waals surface area contributed by atoms with Crippen LogP contribution in [0.25, 0.3) is 11.1 Å². The van der Waals surface area contributed by atoms with Gasteiger partial charge in [-0.05, 0) is 18.6 Å². The molecule has 15 heavy (non-hydrogen) atoms. The minimum absolute atomic E-state index is 0.0399. The van der Waals surface area contributed by atoms with E-state index in [-0.39, 0.29) is 11.7 Å². The predicted molar refractivity (Wildman–Crippen MR) is 55.5 cm³/mol. The fourth-order valence-electron chi connectivity index (χ4n) is 1.31. The average molecular weight is 203 g/mol. The van der Waals surface area contributed by atoms with E-state index >= 15 is 0 Å². The van der Waals surface area contributed by atoms with E-state index in [0.29, 0.717) is 17.5 Å². The summed E-state index contributed by atoms with van der Waals surface area (Å²) >= 11 is 0. The Labute approximate surface area is 87.1 Å². The highest BCUT2D eigenvalue weighted by Crippen LogP contribution is 2.16. The Morgan fingerprint density at radius 2 is 2.27 bits per heavy atom. The Hall–Kier alpha value is -1.68. The van der Waals surface area contributed by atoms with Crippen LogP contribution in [0.2, 0.25) is 0 Å². The number of ketones is 1. The normalized spacial score (nSPS) is 12.9. The van der Waals surface area contributed by atoms with Gasteiger partial charge in [0.15, 0.2) is 5.58 Å². The number of hydrogen-bond donors (Lipinski definition) is 0. The maximum absolute atomic E-state index is 11.6. The summed E-state index contributed by atoms with van der Waals surface area (Å²) in [5.41, 5.74) is 8.73. The van der Waals surface area contributed by atoms with Gasteiger partial charge in [-0.2, -0.15) is 0 Å². The van der Waals surface area contributed by atoms with Crippen molar-refractivity contribution in [2.75, 3.05) is 0 Å². The average Bonchev–Trinajstić information content (AvgIpc) is 2.70. The lowest BCUT2D eigenvalue weighted by atomic mass is 10.1. The zero-order valence-electron chi connectivity index (χ0n) is 8.36. The third-order valence-corrected chi connectivity index (χ3v) is 2.23. The van der Waals surface area contributed by atoms with Crippen LogP contribution in [0.3, 0.4) is 0 Å². The van der Waals surface area contributed by atoms with E-state index in [2.05, 4.69) is 4.98 Å². The number of nitrogens with zero attached hydrogens (tertiary/aromatic N) is 1. The van der Waals surface area contributed by atoms with Gasteiger partial charge in [0.25, 0.3) is 5.89 Å². The second kappa shape index (κ2) is 3.82. The van der Waals surface area contributed by atoms with Crippen molar-refractivity contribution in [2.45, 2.75) is 19.4 Å². The molecule has 0 amide bonds. The molecule has 4 nitrogen and oxygen atoms in total. The quantitative estimate of drug-likeness (QED) is 0.717. The molecule has 0 saturated heterocycles. The van der Waals surface area contributed by atoms with Crippen molar-refractivity contribution in [2.24, 2.45) is 0 Å². The number of carbonyl (C=O) groups is 1. The summed E-state index contributed by atoms with van der Waals surface area (Å²) in [6.45, 7) is 1.79. The second-order valence-electron chi connectivity index (χ2n) is 3.31. The van der Waals surface area contributed by atoms with E-state index in [9.17, 15) is 4.79 Å². The van der Waals surface area contributed by atoms with Crippen LogP contribution in [0.1, 0.15) is 24.0 Å². The highest BCUT2D eigenvalue weighted by atomic mass is 16.4. The zero-order valence-corrected chi connectivity index (χ0v) is 8.36. The van der Waals surface area contributed by atoms with Crippen LogP contribution in [0.4, 0.5) is 0 Å². The molecule has 1 aromatic carbocycles. The summed E-state index contributed by atoms with van der Waals surface area (Å²) in [4.78, 5) is 15.6. The van der Waals surface area contributed by atoms with E-state index in [4.69, 9.17) is 10.2 Å². The summed E-state index contributed by atoms with van der Waals surface area (Å²) in [7, 11) is 0. The summed E-state index contributed by atoms with van der Waals surface area (Å²) in [5, 5.41) is 0. The SMILES string of the molecule is CCC([NH])C(=O)c1nc2ccccc2o1. The Morgan fingerprint density at radius 1 is 1.53 bits per heavy atom. The highest BCUT2D eigenvalue weighted by Gasteiger charge is 2.20. The molecule has 0 fully saturated rings. The van der Waals surface area contributed by atoms with Gasteiger partial charge < -0.3 is 4.42 Å².